The summed E-state index contributed by atoms with van der Waals surface area (Å²) in [4.78, 5) is 0. The van der Waals surface area contributed by atoms with E-state index in [0.29, 0.717) is 6.61 Å². The number of halogens is 1. The van der Waals surface area contributed by atoms with Crippen molar-refractivity contribution >= 4 is 0 Å². The van der Waals surface area contributed by atoms with Crippen molar-refractivity contribution in [3.63, 3.8) is 0 Å². The van der Waals surface area contributed by atoms with Gasteiger partial charge in [-0.25, -0.2) is 4.39 Å². The molecule has 1 aliphatic rings. The molecule has 2 atom stereocenters. The number of unbranched alkanes of at least 4 members (excludes halogenated alkanes) is 1. The number of benzene rings is 3. The fraction of sp³-hybridized carbons (Fsp3) is 0.379. The van der Waals surface area contributed by atoms with Gasteiger partial charge in [0.05, 0.1) is 6.61 Å². The van der Waals surface area contributed by atoms with E-state index in [4.69, 9.17) is 14.2 Å². The third kappa shape index (κ3) is 5.60. The average Bonchev–Trinajstić information content (AvgIpc) is 2.87. The number of hydrogen-bond acceptors (Lipinski definition) is 4. The molecule has 0 saturated heterocycles. The number of ether oxygens (including phenoxy) is 3. The van der Waals surface area contributed by atoms with Crippen molar-refractivity contribution in [2.45, 2.75) is 50.2 Å². The smallest absolute Gasteiger partial charge is 0.165 e. The molecule has 0 amide bonds. The van der Waals surface area contributed by atoms with Crippen LogP contribution in [0.15, 0.2) is 66.7 Å². The molecule has 0 heterocycles. The Morgan fingerprint density at radius 3 is 2.38 bits per heavy atom. The van der Waals surface area contributed by atoms with Crippen LogP contribution in [0.3, 0.4) is 0 Å². The summed E-state index contributed by atoms with van der Waals surface area (Å²) in [5.41, 5.74) is 4.34. The van der Waals surface area contributed by atoms with Crippen molar-refractivity contribution < 1.29 is 23.7 Å². The number of phenolic OH excluding ortho intramolecular Hbond substituents is 1. The molecule has 0 aliphatic heterocycles. The van der Waals surface area contributed by atoms with Crippen molar-refractivity contribution in [2.75, 3.05) is 20.8 Å². The second-order valence-corrected chi connectivity index (χ2v) is 8.85. The number of hydrogen-bond donors (Lipinski definition) is 1. The maximum atomic E-state index is 14.4. The second kappa shape index (κ2) is 11.5. The summed E-state index contributed by atoms with van der Waals surface area (Å²) in [5, 5.41) is 9.93. The SMILES string of the molecule is COC(CCCCOc1ccc(C2c3cc(F)c(O)cc3CCC2c2ccccc2)cc1)OC. The lowest BCUT2D eigenvalue weighted by Crippen LogP contribution is -2.20. The summed E-state index contributed by atoms with van der Waals surface area (Å²) >= 11 is 0. The van der Waals surface area contributed by atoms with Crippen LogP contribution >= 0.6 is 0 Å². The fourth-order valence-electron chi connectivity index (χ4n) is 5.00. The maximum absolute atomic E-state index is 14.4. The summed E-state index contributed by atoms with van der Waals surface area (Å²) < 4.78 is 30.8. The Kier molecular flexibility index (Phi) is 8.20. The second-order valence-electron chi connectivity index (χ2n) is 8.85. The lowest BCUT2D eigenvalue weighted by atomic mass is 9.69. The molecule has 0 radical (unpaired) electrons. The molecule has 1 aliphatic carbocycles. The number of rotatable bonds is 10. The van der Waals surface area contributed by atoms with Crippen LogP contribution in [0.2, 0.25) is 0 Å². The van der Waals surface area contributed by atoms with Crippen LogP contribution in [0.5, 0.6) is 11.5 Å². The highest BCUT2D eigenvalue weighted by Gasteiger charge is 2.33. The van der Waals surface area contributed by atoms with Crippen LogP contribution in [-0.2, 0) is 15.9 Å². The number of phenols is 1. The van der Waals surface area contributed by atoms with Crippen LogP contribution < -0.4 is 4.74 Å². The zero-order chi connectivity index (χ0) is 23.9. The minimum atomic E-state index is -0.568. The van der Waals surface area contributed by atoms with Crippen LogP contribution in [0.4, 0.5) is 4.39 Å². The van der Waals surface area contributed by atoms with Crippen LogP contribution in [0.1, 0.15) is 59.8 Å². The molecule has 1 N–H and O–H groups in total. The van der Waals surface area contributed by atoms with Gasteiger partial charge in [0, 0.05) is 20.1 Å². The first-order valence-corrected chi connectivity index (χ1v) is 11.9. The van der Waals surface area contributed by atoms with Gasteiger partial charge in [0.2, 0.25) is 0 Å². The van der Waals surface area contributed by atoms with E-state index in [0.717, 1.165) is 54.5 Å². The Hall–Kier alpha value is -2.89. The highest BCUT2D eigenvalue weighted by molar-refractivity contribution is 5.48. The third-order valence-electron chi connectivity index (χ3n) is 6.77. The predicted molar refractivity (Wildman–Crippen MR) is 131 cm³/mol. The van der Waals surface area contributed by atoms with E-state index in [1.54, 1.807) is 20.3 Å². The first-order chi connectivity index (χ1) is 16.6. The van der Waals surface area contributed by atoms with Gasteiger partial charge in [-0.15, -0.1) is 0 Å². The van der Waals surface area contributed by atoms with Crippen LogP contribution in [0, 0.1) is 5.82 Å². The zero-order valence-corrected chi connectivity index (χ0v) is 19.9. The highest BCUT2D eigenvalue weighted by atomic mass is 19.1. The number of fused-ring (bicyclic) bond motifs is 1. The largest absolute Gasteiger partial charge is 0.505 e. The minimum absolute atomic E-state index is 0.00956. The Morgan fingerprint density at radius 1 is 0.941 bits per heavy atom. The van der Waals surface area contributed by atoms with E-state index in [1.165, 1.54) is 11.6 Å². The van der Waals surface area contributed by atoms with Crippen molar-refractivity contribution in [1.29, 1.82) is 0 Å². The molecular weight excluding hydrogens is 431 g/mol. The lowest BCUT2D eigenvalue weighted by molar-refractivity contribution is -0.107. The van der Waals surface area contributed by atoms with E-state index < -0.39 is 5.82 Å². The van der Waals surface area contributed by atoms with E-state index in [2.05, 4.69) is 36.4 Å². The van der Waals surface area contributed by atoms with Crippen molar-refractivity contribution in [3.8, 4) is 11.5 Å². The van der Waals surface area contributed by atoms with Gasteiger partial charge in [0.1, 0.15) is 5.75 Å². The zero-order valence-electron chi connectivity index (χ0n) is 19.9. The lowest BCUT2D eigenvalue weighted by Gasteiger charge is -2.35. The van der Waals surface area contributed by atoms with Gasteiger partial charge < -0.3 is 19.3 Å². The summed E-state index contributed by atoms with van der Waals surface area (Å²) in [6.07, 6.45) is 4.30. The summed E-state index contributed by atoms with van der Waals surface area (Å²) in [7, 11) is 3.30. The molecule has 4 nitrogen and oxygen atoms in total. The van der Waals surface area contributed by atoms with Gasteiger partial charge in [0.15, 0.2) is 17.9 Å². The average molecular weight is 465 g/mol. The Balaban J connectivity index is 1.51. The summed E-state index contributed by atoms with van der Waals surface area (Å²) in [6.45, 7) is 0.628. The Labute approximate surface area is 201 Å². The number of aryl methyl sites for hydroxylation is 1. The van der Waals surface area contributed by atoms with E-state index in [1.807, 2.05) is 18.2 Å². The quantitative estimate of drug-likeness (QED) is 0.273. The van der Waals surface area contributed by atoms with E-state index in [-0.39, 0.29) is 23.9 Å². The summed E-state index contributed by atoms with van der Waals surface area (Å²) in [6, 6.07) is 21.7. The van der Waals surface area contributed by atoms with E-state index in [9.17, 15) is 9.50 Å². The van der Waals surface area contributed by atoms with E-state index >= 15 is 0 Å². The fourth-order valence-corrected chi connectivity index (χ4v) is 5.00. The molecule has 2 unspecified atom stereocenters. The van der Waals surface area contributed by atoms with Gasteiger partial charge in [-0.3, -0.25) is 0 Å². The highest BCUT2D eigenvalue weighted by Crippen LogP contribution is 2.47. The molecule has 0 aromatic heterocycles. The molecule has 4 rings (SSSR count). The molecule has 34 heavy (non-hydrogen) atoms. The molecule has 180 valence electrons. The van der Waals surface area contributed by atoms with Gasteiger partial charge >= 0.3 is 0 Å². The predicted octanol–water partition coefficient (Wildman–Crippen LogP) is 6.56. The van der Waals surface area contributed by atoms with Crippen LogP contribution in [-0.4, -0.2) is 32.2 Å². The first kappa shape index (κ1) is 24.2. The molecule has 0 fully saturated rings. The molecule has 5 heteroatoms. The minimum Gasteiger partial charge on any atom is -0.505 e. The summed E-state index contributed by atoms with van der Waals surface area (Å²) in [5.74, 6) is 0.223. The molecular formula is C29H33FO4. The monoisotopic (exact) mass is 464 g/mol. The van der Waals surface area contributed by atoms with Gasteiger partial charge in [-0.05, 0) is 84.5 Å². The van der Waals surface area contributed by atoms with Crippen LogP contribution in [0.25, 0.3) is 0 Å². The van der Waals surface area contributed by atoms with Crippen molar-refractivity contribution in [3.05, 3.63) is 94.8 Å². The molecule has 3 aromatic carbocycles. The van der Waals surface area contributed by atoms with Gasteiger partial charge in [-0.1, -0.05) is 42.5 Å². The third-order valence-corrected chi connectivity index (χ3v) is 6.77. The van der Waals surface area contributed by atoms with Gasteiger partial charge in [-0.2, -0.15) is 0 Å². The maximum Gasteiger partial charge on any atom is 0.165 e. The Bertz CT molecular complexity index is 1050. The van der Waals surface area contributed by atoms with Gasteiger partial charge in [0.25, 0.3) is 0 Å². The Morgan fingerprint density at radius 2 is 1.68 bits per heavy atom. The van der Waals surface area contributed by atoms with Crippen molar-refractivity contribution in [1.82, 2.24) is 0 Å². The molecule has 0 spiro atoms. The number of methoxy groups -OCH3 is 2. The molecule has 0 bridgehead atoms. The number of aromatic hydroxyl groups is 1. The first-order valence-electron chi connectivity index (χ1n) is 11.9. The normalized spacial score (nSPS) is 17.5. The topological polar surface area (TPSA) is 47.9 Å². The molecule has 0 saturated carbocycles. The standard InChI is InChI=1S/C29H33FO4/c1-32-28(33-2)10-6-7-17-34-23-14-11-21(12-15-23)29-24(20-8-4-3-5-9-20)16-13-22-18-27(31)26(30)19-25(22)29/h3-5,8-9,11-12,14-15,18-19,24,28-29,31H,6-7,10,13,16-17H2,1-2H3. The molecule has 3 aromatic rings. The van der Waals surface area contributed by atoms with Crippen molar-refractivity contribution in [2.24, 2.45) is 0 Å².